The van der Waals surface area contributed by atoms with Crippen molar-refractivity contribution in [2.45, 2.75) is 58.9 Å². The molecule has 1 N–H and O–H groups in total. The Morgan fingerprint density at radius 1 is 1.31 bits per heavy atom. The van der Waals surface area contributed by atoms with E-state index in [4.69, 9.17) is 0 Å². The number of aromatic nitrogens is 2. The highest BCUT2D eigenvalue weighted by atomic mass is 32.1. The molecule has 0 fully saturated rings. The SMILES string of the molecule is CCC(C)(C)c1nnc(CCNC(C)C)s1. The van der Waals surface area contributed by atoms with Gasteiger partial charge in [0.1, 0.15) is 10.0 Å². The molecule has 92 valence electrons. The molecule has 0 bridgehead atoms. The molecular weight excluding hydrogens is 218 g/mol. The second-order valence-corrected chi connectivity index (χ2v) is 6.16. The van der Waals surface area contributed by atoms with Gasteiger partial charge in [0.15, 0.2) is 0 Å². The first-order valence-corrected chi connectivity index (χ1v) is 6.83. The Kier molecular flexibility index (Phi) is 4.87. The van der Waals surface area contributed by atoms with Crippen molar-refractivity contribution in [3.8, 4) is 0 Å². The summed E-state index contributed by atoms with van der Waals surface area (Å²) in [4.78, 5) is 0. The van der Waals surface area contributed by atoms with Crippen LogP contribution in [0, 0.1) is 0 Å². The quantitative estimate of drug-likeness (QED) is 0.832. The first-order valence-electron chi connectivity index (χ1n) is 6.02. The number of hydrogen-bond donors (Lipinski definition) is 1. The molecule has 0 saturated heterocycles. The molecule has 16 heavy (non-hydrogen) atoms. The molecule has 0 atom stereocenters. The Morgan fingerprint density at radius 2 is 2.00 bits per heavy atom. The topological polar surface area (TPSA) is 37.8 Å². The molecule has 0 amide bonds. The lowest BCUT2D eigenvalue weighted by atomic mass is 9.91. The van der Waals surface area contributed by atoms with Crippen LogP contribution in [0.3, 0.4) is 0 Å². The van der Waals surface area contributed by atoms with E-state index in [1.54, 1.807) is 11.3 Å². The highest BCUT2D eigenvalue weighted by molar-refractivity contribution is 7.11. The zero-order valence-electron chi connectivity index (χ0n) is 11.0. The Bertz CT molecular complexity index is 318. The van der Waals surface area contributed by atoms with Gasteiger partial charge < -0.3 is 5.32 Å². The lowest BCUT2D eigenvalue weighted by Gasteiger charge is -2.17. The maximum absolute atomic E-state index is 4.30. The van der Waals surface area contributed by atoms with Crippen LogP contribution >= 0.6 is 11.3 Å². The first kappa shape index (κ1) is 13.6. The standard InChI is InChI=1S/C12H23N3S/c1-6-12(4,5)11-15-14-10(16-11)7-8-13-9(2)3/h9,13H,6-8H2,1-5H3. The second kappa shape index (κ2) is 5.73. The van der Waals surface area contributed by atoms with Gasteiger partial charge in [-0.05, 0) is 6.42 Å². The van der Waals surface area contributed by atoms with E-state index >= 15 is 0 Å². The van der Waals surface area contributed by atoms with Gasteiger partial charge in [-0.25, -0.2) is 0 Å². The summed E-state index contributed by atoms with van der Waals surface area (Å²) in [6.45, 7) is 11.9. The van der Waals surface area contributed by atoms with E-state index in [2.05, 4.69) is 50.1 Å². The Balaban J connectivity index is 2.52. The molecule has 0 aromatic carbocycles. The molecule has 4 heteroatoms. The predicted molar refractivity (Wildman–Crippen MR) is 70.1 cm³/mol. The fourth-order valence-corrected chi connectivity index (χ4v) is 2.26. The van der Waals surface area contributed by atoms with Crippen LogP contribution in [0.1, 0.15) is 51.1 Å². The Hall–Kier alpha value is -0.480. The van der Waals surface area contributed by atoms with Crippen molar-refractivity contribution in [1.82, 2.24) is 15.5 Å². The third-order valence-electron chi connectivity index (χ3n) is 2.82. The van der Waals surface area contributed by atoms with Gasteiger partial charge in [-0.15, -0.1) is 21.5 Å². The molecule has 0 aliphatic heterocycles. The van der Waals surface area contributed by atoms with Crippen molar-refractivity contribution >= 4 is 11.3 Å². The summed E-state index contributed by atoms with van der Waals surface area (Å²) in [7, 11) is 0. The van der Waals surface area contributed by atoms with E-state index in [0.717, 1.165) is 29.4 Å². The predicted octanol–water partition coefficient (Wildman–Crippen LogP) is 2.77. The van der Waals surface area contributed by atoms with Crippen molar-refractivity contribution in [2.75, 3.05) is 6.54 Å². The average molecular weight is 241 g/mol. The van der Waals surface area contributed by atoms with Gasteiger partial charge >= 0.3 is 0 Å². The second-order valence-electron chi connectivity index (χ2n) is 5.10. The summed E-state index contributed by atoms with van der Waals surface area (Å²) < 4.78 is 0. The maximum Gasteiger partial charge on any atom is 0.123 e. The Labute approximate surface area is 103 Å². The first-order chi connectivity index (χ1) is 7.45. The van der Waals surface area contributed by atoms with E-state index in [0.29, 0.717) is 6.04 Å². The molecule has 0 aliphatic carbocycles. The maximum atomic E-state index is 4.30. The molecule has 3 nitrogen and oxygen atoms in total. The highest BCUT2D eigenvalue weighted by Gasteiger charge is 2.22. The molecule has 0 radical (unpaired) electrons. The van der Waals surface area contributed by atoms with Crippen molar-refractivity contribution in [2.24, 2.45) is 0 Å². The van der Waals surface area contributed by atoms with Crippen LogP contribution in [0.25, 0.3) is 0 Å². The van der Waals surface area contributed by atoms with Gasteiger partial charge in [-0.3, -0.25) is 0 Å². The largest absolute Gasteiger partial charge is 0.314 e. The number of nitrogens with zero attached hydrogens (tertiary/aromatic N) is 2. The smallest absolute Gasteiger partial charge is 0.123 e. The average Bonchev–Trinajstić information content (AvgIpc) is 2.66. The van der Waals surface area contributed by atoms with E-state index < -0.39 is 0 Å². The minimum Gasteiger partial charge on any atom is -0.314 e. The van der Waals surface area contributed by atoms with Crippen LogP contribution in [-0.2, 0) is 11.8 Å². The zero-order valence-corrected chi connectivity index (χ0v) is 11.8. The van der Waals surface area contributed by atoms with E-state index in [1.165, 1.54) is 0 Å². The van der Waals surface area contributed by atoms with Gasteiger partial charge in [0.25, 0.3) is 0 Å². The van der Waals surface area contributed by atoms with Crippen molar-refractivity contribution in [3.05, 3.63) is 10.0 Å². The van der Waals surface area contributed by atoms with E-state index in [9.17, 15) is 0 Å². The number of hydrogen-bond acceptors (Lipinski definition) is 4. The minimum atomic E-state index is 0.168. The Morgan fingerprint density at radius 3 is 2.56 bits per heavy atom. The van der Waals surface area contributed by atoms with Crippen molar-refractivity contribution < 1.29 is 0 Å². The lowest BCUT2D eigenvalue weighted by Crippen LogP contribution is -2.24. The van der Waals surface area contributed by atoms with E-state index in [-0.39, 0.29) is 5.41 Å². The molecule has 0 aliphatic rings. The summed E-state index contributed by atoms with van der Waals surface area (Å²) in [6, 6.07) is 0.541. The molecule has 0 spiro atoms. The van der Waals surface area contributed by atoms with Gasteiger partial charge in [-0.2, -0.15) is 0 Å². The molecule has 1 aromatic rings. The van der Waals surface area contributed by atoms with Gasteiger partial charge in [0.05, 0.1) is 0 Å². The van der Waals surface area contributed by atoms with Crippen molar-refractivity contribution in [3.63, 3.8) is 0 Å². The molecule has 1 aromatic heterocycles. The molecule has 1 rings (SSSR count). The molecular formula is C12H23N3S. The summed E-state index contributed by atoms with van der Waals surface area (Å²) >= 11 is 1.75. The van der Waals surface area contributed by atoms with Crippen molar-refractivity contribution in [1.29, 1.82) is 0 Å². The van der Waals surface area contributed by atoms with Crippen LogP contribution < -0.4 is 5.32 Å². The molecule has 1 heterocycles. The van der Waals surface area contributed by atoms with Crippen LogP contribution in [0.5, 0.6) is 0 Å². The normalized spacial score (nSPS) is 12.4. The van der Waals surface area contributed by atoms with Crippen LogP contribution in [0.4, 0.5) is 0 Å². The summed E-state index contributed by atoms with van der Waals surface area (Å²) in [5.41, 5.74) is 0.168. The highest BCUT2D eigenvalue weighted by Crippen LogP contribution is 2.29. The summed E-state index contributed by atoms with van der Waals surface area (Å²) in [6.07, 6.45) is 2.08. The van der Waals surface area contributed by atoms with Gasteiger partial charge in [0, 0.05) is 24.4 Å². The summed E-state index contributed by atoms with van der Waals surface area (Å²) in [5, 5.41) is 14.3. The van der Waals surface area contributed by atoms with E-state index in [1.807, 2.05) is 0 Å². The fraction of sp³-hybridized carbons (Fsp3) is 0.833. The molecule has 0 unspecified atom stereocenters. The summed E-state index contributed by atoms with van der Waals surface area (Å²) in [5.74, 6) is 0. The van der Waals surface area contributed by atoms with Crippen LogP contribution in [0.2, 0.25) is 0 Å². The molecule has 0 saturated carbocycles. The monoisotopic (exact) mass is 241 g/mol. The van der Waals surface area contributed by atoms with Gasteiger partial charge in [-0.1, -0.05) is 34.6 Å². The van der Waals surface area contributed by atoms with Crippen LogP contribution in [-0.4, -0.2) is 22.8 Å². The lowest BCUT2D eigenvalue weighted by molar-refractivity contribution is 0.498. The number of nitrogens with one attached hydrogen (secondary N) is 1. The number of rotatable bonds is 6. The third kappa shape index (κ3) is 3.83. The van der Waals surface area contributed by atoms with Crippen LogP contribution in [0.15, 0.2) is 0 Å². The fourth-order valence-electron chi connectivity index (χ4n) is 1.25. The minimum absolute atomic E-state index is 0.168. The third-order valence-corrected chi connectivity index (χ3v) is 4.17. The zero-order chi connectivity index (χ0) is 12.2. The van der Waals surface area contributed by atoms with Gasteiger partial charge in [0.2, 0.25) is 0 Å².